The molecule has 3 rings (SSSR count). The quantitative estimate of drug-likeness (QED) is 0.0383. The highest BCUT2D eigenvalue weighted by Crippen LogP contribution is 2.25. The summed E-state index contributed by atoms with van der Waals surface area (Å²) >= 11 is 0. The monoisotopic (exact) mass is 883 g/mol. The smallest absolute Gasteiger partial charge is 0.338 e. The second-order valence-electron chi connectivity index (χ2n) is 14.3. The topological polar surface area (TPSA) is 194 Å². The van der Waals surface area contributed by atoms with Gasteiger partial charge in [-0.2, -0.15) is 0 Å². The lowest BCUT2D eigenvalue weighted by Crippen LogP contribution is -2.27. The first-order valence-electron chi connectivity index (χ1n) is 22.6. The number of carbonyl (C=O) groups excluding carboxylic acids is 3. The lowest BCUT2D eigenvalue weighted by molar-refractivity contribution is 0.0457. The molecule has 0 aliphatic rings. The number of hydrogen-bond donors (Lipinski definition) is 3. The Morgan fingerprint density at radius 2 is 0.635 bits per heavy atom. The third-order valence-electron chi connectivity index (χ3n) is 9.73. The lowest BCUT2D eigenvalue weighted by Gasteiger charge is -2.17. The average molecular weight is 883 g/mol. The highest BCUT2D eigenvalue weighted by Gasteiger charge is 2.14. The molecule has 0 aliphatic heterocycles. The van der Waals surface area contributed by atoms with Gasteiger partial charge in [0.15, 0.2) is 0 Å². The number of carbonyl (C=O) groups is 3. The van der Waals surface area contributed by atoms with Crippen LogP contribution in [-0.2, 0) is 14.2 Å². The van der Waals surface area contributed by atoms with Crippen LogP contribution in [0.2, 0.25) is 0 Å². The van der Waals surface area contributed by atoms with E-state index in [0.29, 0.717) is 90.6 Å². The molecule has 0 heterocycles. The molecule has 0 radical (unpaired) electrons. The fourth-order valence-corrected chi connectivity index (χ4v) is 5.73. The maximum absolute atomic E-state index is 11.9. The van der Waals surface area contributed by atoms with Gasteiger partial charge in [0.25, 0.3) is 0 Å². The first-order valence-corrected chi connectivity index (χ1v) is 22.6. The van der Waals surface area contributed by atoms with Crippen LogP contribution < -0.4 is 31.4 Å². The van der Waals surface area contributed by atoms with Crippen LogP contribution in [0.4, 0.5) is 17.1 Å². The van der Waals surface area contributed by atoms with Gasteiger partial charge in [0.2, 0.25) is 0 Å². The Hall–Kier alpha value is -5.25. The Morgan fingerprint density at radius 3 is 0.825 bits per heavy atom. The summed E-state index contributed by atoms with van der Waals surface area (Å²) in [5.41, 5.74) is 20.4. The Labute approximate surface area is 377 Å². The van der Waals surface area contributed by atoms with E-state index in [-0.39, 0.29) is 17.9 Å². The van der Waals surface area contributed by atoms with E-state index >= 15 is 0 Å². The third-order valence-corrected chi connectivity index (χ3v) is 9.73. The Kier molecular flexibility index (Phi) is 29.5. The van der Waals surface area contributed by atoms with Crippen LogP contribution in [0.1, 0.15) is 113 Å². The van der Waals surface area contributed by atoms with Gasteiger partial charge in [-0.3, -0.25) is 0 Å². The van der Waals surface area contributed by atoms with Gasteiger partial charge in [-0.15, -0.1) is 0 Å². The van der Waals surface area contributed by atoms with Crippen molar-refractivity contribution in [1.82, 2.24) is 14.7 Å². The molecular formula is C48H78N6O9. The molecule has 0 saturated heterocycles. The number of ether oxygens (including phenoxy) is 6. The summed E-state index contributed by atoms with van der Waals surface area (Å²) < 4.78 is 32.2. The fourth-order valence-electron chi connectivity index (χ4n) is 5.73. The molecule has 0 saturated carbocycles. The number of likely N-dealkylation sites (N-methyl/N-ethyl adjacent to an activating group) is 3. The molecular weight excluding hydrogens is 805 g/mol. The maximum atomic E-state index is 11.9. The van der Waals surface area contributed by atoms with Crippen molar-refractivity contribution in [3.63, 3.8) is 0 Å². The van der Waals surface area contributed by atoms with Crippen molar-refractivity contribution in [2.45, 2.75) is 81.6 Å². The summed E-state index contributed by atoms with van der Waals surface area (Å²) in [6.07, 6.45) is 2.73. The summed E-state index contributed by atoms with van der Waals surface area (Å²) in [5, 5.41) is 0. The summed E-state index contributed by atoms with van der Waals surface area (Å²) in [7, 11) is 0. The number of hydrogen-bond acceptors (Lipinski definition) is 15. The Bertz CT molecular complexity index is 1530. The molecule has 63 heavy (non-hydrogen) atoms. The molecule has 0 unspecified atom stereocenters. The summed E-state index contributed by atoms with van der Waals surface area (Å²) in [6.45, 7) is 29.5. The predicted molar refractivity (Wildman–Crippen MR) is 254 cm³/mol. The summed E-state index contributed by atoms with van der Waals surface area (Å²) in [4.78, 5) is 42.4. The van der Waals surface area contributed by atoms with Gasteiger partial charge in [0, 0.05) is 19.6 Å². The standard InChI is InChI=1S/3C16H26N2O3/c3*1-4-10-20-15-8-7-13(12-14(15)17)16(19)21-11-9-18(5-2)6-3/h3*7-8,12H,4-6,9-11,17H2,1-3H3. The van der Waals surface area contributed by atoms with Crippen molar-refractivity contribution in [2.24, 2.45) is 0 Å². The van der Waals surface area contributed by atoms with E-state index in [4.69, 9.17) is 45.6 Å². The number of benzene rings is 3. The van der Waals surface area contributed by atoms with Crippen LogP contribution in [-0.4, -0.2) is 131 Å². The maximum Gasteiger partial charge on any atom is 0.338 e. The van der Waals surface area contributed by atoms with Gasteiger partial charge in [-0.25, -0.2) is 14.4 Å². The van der Waals surface area contributed by atoms with Crippen LogP contribution in [0.15, 0.2) is 54.6 Å². The minimum absolute atomic E-state index is 0.351. The van der Waals surface area contributed by atoms with Gasteiger partial charge < -0.3 is 60.3 Å². The van der Waals surface area contributed by atoms with E-state index in [1.165, 1.54) is 0 Å². The van der Waals surface area contributed by atoms with E-state index in [0.717, 1.165) is 78.2 Å². The van der Waals surface area contributed by atoms with E-state index < -0.39 is 0 Å². The van der Waals surface area contributed by atoms with E-state index in [1.54, 1.807) is 54.6 Å². The minimum atomic E-state index is -0.351. The number of esters is 3. The SMILES string of the molecule is CCCOc1ccc(C(=O)OCCN(CC)CC)cc1N.CCCOc1ccc(C(=O)OCCN(CC)CC)cc1N.CCCOc1ccc(C(=O)OCCN(CC)CC)cc1N. The van der Waals surface area contributed by atoms with Crippen LogP contribution in [0.3, 0.4) is 0 Å². The van der Waals surface area contributed by atoms with E-state index in [9.17, 15) is 14.4 Å². The highest BCUT2D eigenvalue weighted by atomic mass is 16.5. The third kappa shape index (κ3) is 22.1. The van der Waals surface area contributed by atoms with Crippen molar-refractivity contribution < 1.29 is 42.8 Å². The second-order valence-corrected chi connectivity index (χ2v) is 14.3. The van der Waals surface area contributed by atoms with Crippen molar-refractivity contribution in [2.75, 3.05) is 116 Å². The summed E-state index contributed by atoms with van der Waals surface area (Å²) in [5.74, 6) is 0.771. The Balaban J connectivity index is 0.000000472. The molecule has 3 aromatic rings. The van der Waals surface area contributed by atoms with Crippen molar-refractivity contribution in [3.05, 3.63) is 71.3 Å². The van der Waals surface area contributed by atoms with Crippen molar-refractivity contribution in [1.29, 1.82) is 0 Å². The van der Waals surface area contributed by atoms with Crippen molar-refractivity contribution >= 4 is 35.0 Å². The van der Waals surface area contributed by atoms with Crippen LogP contribution >= 0.6 is 0 Å². The molecule has 0 aromatic heterocycles. The molecule has 0 fully saturated rings. The number of nitrogens with two attached hydrogens (primary N) is 3. The van der Waals surface area contributed by atoms with Crippen LogP contribution in [0, 0.1) is 0 Å². The molecule has 15 nitrogen and oxygen atoms in total. The van der Waals surface area contributed by atoms with Crippen molar-refractivity contribution in [3.8, 4) is 17.2 Å². The van der Waals surface area contributed by atoms with Gasteiger partial charge in [-0.05, 0) is 113 Å². The van der Waals surface area contributed by atoms with Gasteiger partial charge >= 0.3 is 17.9 Å². The largest absolute Gasteiger partial charge is 0.491 e. The molecule has 0 bridgehead atoms. The highest BCUT2D eigenvalue weighted by molar-refractivity contribution is 5.92. The molecule has 0 atom stereocenters. The van der Waals surface area contributed by atoms with Gasteiger partial charge in [0.1, 0.15) is 37.1 Å². The van der Waals surface area contributed by atoms with E-state index in [1.807, 2.05) is 20.8 Å². The first kappa shape index (κ1) is 55.8. The molecule has 3 aromatic carbocycles. The van der Waals surface area contributed by atoms with E-state index in [2.05, 4.69) is 56.2 Å². The molecule has 0 spiro atoms. The predicted octanol–water partition coefficient (Wildman–Crippen LogP) is 7.67. The molecule has 0 aliphatic carbocycles. The Morgan fingerprint density at radius 1 is 0.397 bits per heavy atom. The van der Waals surface area contributed by atoms with Gasteiger partial charge in [0.05, 0.1) is 53.6 Å². The average Bonchev–Trinajstić information content (AvgIpc) is 3.29. The first-order chi connectivity index (χ1) is 30.4. The normalized spacial score (nSPS) is 10.7. The number of anilines is 3. The van der Waals surface area contributed by atoms with Crippen LogP contribution in [0.5, 0.6) is 17.2 Å². The molecule has 6 N–H and O–H groups in total. The zero-order chi connectivity index (χ0) is 47.0. The lowest BCUT2D eigenvalue weighted by atomic mass is 10.2. The minimum Gasteiger partial charge on any atom is -0.491 e. The molecule has 0 amide bonds. The second kappa shape index (κ2) is 33.3. The number of rotatable bonds is 27. The zero-order valence-electron chi connectivity index (χ0n) is 39.7. The van der Waals surface area contributed by atoms with Crippen LogP contribution in [0.25, 0.3) is 0 Å². The molecule has 15 heteroatoms. The fraction of sp³-hybridized carbons (Fsp3) is 0.562. The van der Waals surface area contributed by atoms with Gasteiger partial charge in [-0.1, -0.05) is 62.3 Å². The zero-order valence-corrected chi connectivity index (χ0v) is 39.7. The number of nitrogen functional groups attached to an aromatic ring is 3. The molecule has 354 valence electrons. The number of nitrogens with zero attached hydrogens (tertiary/aromatic N) is 3. The summed E-state index contributed by atoms with van der Waals surface area (Å²) in [6, 6.07) is 15.0.